The molecule has 3 N–H and O–H groups in total. The molecular formula is C23H25N3O5S2. The SMILES string of the molecule is CSCCC(NS(=O)(=O)/C=C/c1ccccc1)C(=O)NNC(=O)c1oc2ccccc2c1C. The summed E-state index contributed by atoms with van der Waals surface area (Å²) < 4.78 is 33.0. The monoisotopic (exact) mass is 487 g/mol. The minimum atomic E-state index is -3.90. The molecule has 174 valence electrons. The van der Waals surface area contributed by atoms with Gasteiger partial charge in [0.05, 0.1) is 0 Å². The quantitative estimate of drug-likeness (QED) is 0.399. The molecule has 3 rings (SSSR count). The van der Waals surface area contributed by atoms with Crippen molar-refractivity contribution in [1.82, 2.24) is 15.6 Å². The van der Waals surface area contributed by atoms with Crippen LogP contribution in [0.4, 0.5) is 0 Å². The molecule has 0 fully saturated rings. The van der Waals surface area contributed by atoms with E-state index >= 15 is 0 Å². The lowest BCUT2D eigenvalue weighted by Crippen LogP contribution is -2.52. The Balaban J connectivity index is 1.66. The van der Waals surface area contributed by atoms with Gasteiger partial charge in [-0.1, -0.05) is 48.5 Å². The summed E-state index contributed by atoms with van der Waals surface area (Å²) in [6, 6.07) is 15.1. The summed E-state index contributed by atoms with van der Waals surface area (Å²) in [5, 5.41) is 1.81. The third-order valence-corrected chi connectivity index (χ3v) is 6.57. The van der Waals surface area contributed by atoms with Gasteiger partial charge in [0.1, 0.15) is 11.6 Å². The first kappa shape index (κ1) is 24.6. The Hall–Kier alpha value is -3.08. The summed E-state index contributed by atoms with van der Waals surface area (Å²) in [5.74, 6) is -0.696. The molecule has 0 aliphatic rings. The van der Waals surface area contributed by atoms with Gasteiger partial charge in [-0.3, -0.25) is 20.4 Å². The average Bonchev–Trinajstić information content (AvgIpc) is 3.16. The molecule has 0 aliphatic heterocycles. The highest BCUT2D eigenvalue weighted by atomic mass is 32.2. The van der Waals surface area contributed by atoms with Crippen LogP contribution in [0.1, 0.15) is 28.1 Å². The highest BCUT2D eigenvalue weighted by Crippen LogP contribution is 2.24. The number of thioether (sulfide) groups is 1. The second kappa shape index (κ2) is 11.2. The van der Waals surface area contributed by atoms with Crippen molar-refractivity contribution in [3.05, 3.63) is 76.9 Å². The zero-order chi connectivity index (χ0) is 23.8. The minimum absolute atomic E-state index is 0.0727. The number of carbonyl (C=O) groups is 2. The molecule has 8 nitrogen and oxygen atoms in total. The fraction of sp³-hybridized carbons (Fsp3) is 0.217. The molecular weight excluding hydrogens is 462 g/mol. The van der Waals surface area contributed by atoms with Crippen LogP contribution in [0.15, 0.2) is 64.4 Å². The lowest BCUT2D eigenvalue weighted by molar-refractivity contribution is -0.123. The van der Waals surface area contributed by atoms with Crippen molar-refractivity contribution in [3.8, 4) is 0 Å². The smallest absolute Gasteiger partial charge is 0.305 e. The van der Waals surface area contributed by atoms with Crippen molar-refractivity contribution in [2.75, 3.05) is 12.0 Å². The molecule has 3 aromatic rings. The molecule has 0 saturated carbocycles. The third-order valence-electron chi connectivity index (χ3n) is 4.82. The second-order valence-corrected chi connectivity index (χ2v) is 9.79. The van der Waals surface area contributed by atoms with Crippen LogP contribution in [0.25, 0.3) is 17.0 Å². The van der Waals surface area contributed by atoms with E-state index in [-0.39, 0.29) is 12.2 Å². The van der Waals surface area contributed by atoms with Crippen LogP contribution in [0.2, 0.25) is 0 Å². The topological polar surface area (TPSA) is 118 Å². The number of hydrogen-bond donors (Lipinski definition) is 3. The minimum Gasteiger partial charge on any atom is -0.451 e. The van der Waals surface area contributed by atoms with Crippen LogP contribution in [0, 0.1) is 6.92 Å². The van der Waals surface area contributed by atoms with Gasteiger partial charge in [-0.15, -0.1) is 0 Å². The molecule has 2 aromatic carbocycles. The summed E-state index contributed by atoms with van der Waals surface area (Å²) in [7, 11) is -3.90. The molecule has 1 aromatic heterocycles. The Kier molecular flexibility index (Phi) is 8.32. The van der Waals surface area contributed by atoms with Crippen molar-refractivity contribution in [1.29, 1.82) is 0 Å². The van der Waals surface area contributed by atoms with Crippen LogP contribution in [-0.4, -0.2) is 38.3 Å². The van der Waals surface area contributed by atoms with E-state index in [1.807, 2.05) is 24.5 Å². The lowest BCUT2D eigenvalue weighted by Gasteiger charge is -2.17. The number of hydrogen-bond acceptors (Lipinski definition) is 6. The zero-order valence-electron chi connectivity index (χ0n) is 18.2. The van der Waals surface area contributed by atoms with Crippen LogP contribution in [-0.2, 0) is 14.8 Å². The first-order valence-electron chi connectivity index (χ1n) is 10.1. The van der Waals surface area contributed by atoms with Gasteiger partial charge in [-0.25, -0.2) is 8.42 Å². The lowest BCUT2D eigenvalue weighted by atomic mass is 10.1. The van der Waals surface area contributed by atoms with Gasteiger partial charge in [0.25, 0.3) is 5.91 Å². The molecule has 1 heterocycles. The number of hydrazine groups is 1. The summed E-state index contributed by atoms with van der Waals surface area (Å²) in [6.07, 6.45) is 3.54. The molecule has 1 unspecified atom stereocenters. The van der Waals surface area contributed by atoms with E-state index in [1.165, 1.54) is 17.8 Å². The van der Waals surface area contributed by atoms with Crippen molar-refractivity contribution in [2.45, 2.75) is 19.4 Å². The molecule has 10 heteroatoms. The fourth-order valence-corrected chi connectivity index (χ4v) is 4.61. The Labute approximate surface area is 196 Å². The van der Waals surface area contributed by atoms with Crippen LogP contribution in [0.3, 0.4) is 0 Å². The van der Waals surface area contributed by atoms with Crippen molar-refractivity contribution >= 4 is 50.6 Å². The summed E-state index contributed by atoms with van der Waals surface area (Å²) in [4.78, 5) is 25.2. The highest BCUT2D eigenvalue weighted by Gasteiger charge is 2.24. The Morgan fingerprint density at radius 3 is 2.45 bits per heavy atom. The Morgan fingerprint density at radius 1 is 1.06 bits per heavy atom. The first-order valence-corrected chi connectivity index (χ1v) is 13.1. The summed E-state index contributed by atoms with van der Waals surface area (Å²) >= 11 is 1.47. The van der Waals surface area contributed by atoms with Crippen LogP contribution < -0.4 is 15.6 Å². The first-order chi connectivity index (χ1) is 15.8. The maximum Gasteiger partial charge on any atom is 0.305 e. The van der Waals surface area contributed by atoms with Gasteiger partial charge in [0, 0.05) is 16.4 Å². The number of sulfonamides is 1. The van der Waals surface area contributed by atoms with Gasteiger partial charge in [0.2, 0.25) is 10.0 Å². The van der Waals surface area contributed by atoms with E-state index in [0.29, 0.717) is 22.5 Å². The maximum atomic E-state index is 12.7. The third kappa shape index (κ3) is 6.70. The van der Waals surface area contributed by atoms with Gasteiger partial charge in [0.15, 0.2) is 5.76 Å². The molecule has 0 spiro atoms. The summed E-state index contributed by atoms with van der Waals surface area (Å²) in [6.45, 7) is 1.75. The van der Waals surface area contributed by atoms with E-state index in [2.05, 4.69) is 15.6 Å². The van der Waals surface area contributed by atoms with Crippen molar-refractivity contribution in [2.24, 2.45) is 0 Å². The maximum absolute atomic E-state index is 12.7. The number of aryl methyl sites for hydroxylation is 1. The summed E-state index contributed by atoms with van der Waals surface area (Å²) in [5.41, 5.74) is 6.52. The Morgan fingerprint density at radius 2 is 1.76 bits per heavy atom. The van der Waals surface area contributed by atoms with E-state index in [9.17, 15) is 18.0 Å². The molecule has 0 saturated heterocycles. The van der Waals surface area contributed by atoms with E-state index in [4.69, 9.17) is 4.42 Å². The van der Waals surface area contributed by atoms with Gasteiger partial charge >= 0.3 is 5.91 Å². The standard InChI is InChI=1S/C23H25N3O5S2/c1-16-18-10-6-7-11-20(18)31-21(16)23(28)25-24-22(27)19(12-14-32-2)26-33(29,30)15-13-17-8-4-3-5-9-17/h3-11,13,15,19,26H,12,14H2,1-2H3,(H,24,27)(H,25,28)/b15-13+. The van der Waals surface area contributed by atoms with E-state index in [1.54, 1.807) is 43.3 Å². The number of benzene rings is 2. The normalized spacial score (nSPS) is 12.7. The molecule has 33 heavy (non-hydrogen) atoms. The van der Waals surface area contributed by atoms with Crippen molar-refractivity contribution < 1.29 is 22.4 Å². The number of para-hydroxylation sites is 1. The average molecular weight is 488 g/mol. The van der Waals surface area contributed by atoms with Gasteiger partial charge < -0.3 is 4.42 Å². The van der Waals surface area contributed by atoms with Crippen molar-refractivity contribution in [3.63, 3.8) is 0 Å². The van der Waals surface area contributed by atoms with Crippen LogP contribution in [0.5, 0.6) is 0 Å². The van der Waals surface area contributed by atoms with Gasteiger partial charge in [-0.2, -0.15) is 16.5 Å². The predicted octanol–water partition coefficient (Wildman–Crippen LogP) is 3.21. The van der Waals surface area contributed by atoms with Gasteiger partial charge in [-0.05, 0) is 43.1 Å². The van der Waals surface area contributed by atoms with Crippen LogP contribution >= 0.6 is 11.8 Å². The number of carbonyl (C=O) groups excluding carboxylic acids is 2. The number of nitrogens with one attached hydrogen (secondary N) is 3. The molecule has 0 aliphatic carbocycles. The number of amides is 2. The molecule has 0 bridgehead atoms. The predicted molar refractivity (Wildman–Crippen MR) is 131 cm³/mol. The highest BCUT2D eigenvalue weighted by molar-refractivity contribution is 7.98. The molecule has 0 radical (unpaired) electrons. The largest absolute Gasteiger partial charge is 0.451 e. The number of rotatable bonds is 9. The number of furan rings is 1. The second-order valence-electron chi connectivity index (χ2n) is 7.21. The molecule has 1 atom stereocenters. The van der Waals surface area contributed by atoms with E-state index < -0.39 is 27.9 Å². The Bertz CT molecular complexity index is 1250. The zero-order valence-corrected chi connectivity index (χ0v) is 19.8. The number of fused-ring (bicyclic) bond motifs is 1. The fourth-order valence-electron chi connectivity index (χ4n) is 3.10. The molecule has 2 amide bonds. The van der Waals surface area contributed by atoms with E-state index in [0.717, 1.165) is 10.8 Å².